The number of carbonyl (C=O) groups is 2. The molecule has 0 spiro atoms. The van der Waals surface area contributed by atoms with Gasteiger partial charge >= 0.3 is 5.97 Å². The number of fused-ring (bicyclic) bond motifs is 1. The fourth-order valence-electron chi connectivity index (χ4n) is 3.17. The zero-order valence-corrected chi connectivity index (χ0v) is 14.2. The Labute approximate surface area is 145 Å². The second kappa shape index (κ2) is 6.33. The molecule has 130 valence electrons. The smallest absolute Gasteiger partial charge is 0.312 e. The highest BCUT2D eigenvalue weighted by Gasteiger charge is 2.37. The number of hydrogen-bond acceptors (Lipinski definition) is 4. The van der Waals surface area contributed by atoms with Gasteiger partial charge in [0.2, 0.25) is 5.78 Å². The summed E-state index contributed by atoms with van der Waals surface area (Å²) in [4.78, 5) is 24.3. The highest BCUT2D eigenvalue weighted by atomic mass is 32.2. The van der Waals surface area contributed by atoms with Gasteiger partial charge in [-0.2, -0.15) is 0 Å². The monoisotopic (exact) mass is 359 g/mol. The molecule has 1 aliphatic heterocycles. The number of aliphatic carboxylic acids is 1. The Kier molecular flexibility index (Phi) is 4.34. The van der Waals surface area contributed by atoms with Crippen LogP contribution in [0.2, 0.25) is 0 Å². The Balaban J connectivity index is 2.23. The van der Waals surface area contributed by atoms with Crippen molar-refractivity contribution in [2.45, 2.75) is 23.8 Å². The van der Waals surface area contributed by atoms with Crippen LogP contribution in [0, 0.1) is 0 Å². The Morgan fingerprint density at radius 3 is 2.56 bits per heavy atom. The Morgan fingerprint density at radius 2 is 1.96 bits per heavy atom. The van der Waals surface area contributed by atoms with Crippen LogP contribution in [-0.2, 0) is 21.2 Å². The minimum absolute atomic E-state index is 0.0341. The molecule has 6 nitrogen and oxygen atoms in total. The first-order valence-electron chi connectivity index (χ1n) is 7.76. The van der Waals surface area contributed by atoms with Crippen molar-refractivity contribution in [2.75, 3.05) is 5.75 Å². The summed E-state index contributed by atoms with van der Waals surface area (Å²) in [6.07, 6.45) is 1.59. The molecule has 3 rings (SSSR count). The van der Waals surface area contributed by atoms with E-state index in [1.807, 2.05) is 0 Å². The van der Waals surface area contributed by atoms with E-state index in [1.165, 1.54) is 16.7 Å². The number of carbonyl (C=O) groups excluding carboxylic acids is 1. The fourth-order valence-corrected chi connectivity index (χ4v) is 4.46. The Hall–Kier alpha value is -2.67. The van der Waals surface area contributed by atoms with Gasteiger partial charge in [0.1, 0.15) is 5.69 Å². The third-order valence-corrected chi connectivity index (χ3v) is 5.97. The number of aromatic nitrogens is 1. The molecule has 1 N–H and O–H groups in total. The van der Waals surface area contributed by atoms with E-state index in [0.29, 0.717) is 24.2 Å². The largest absolute Gasteiger partial charge is 0.481 e. The molecule has 2 heterocycles. The molecule has 0 amide bonds. The van der Waals surface area contributed by atoms with Gasteiger partial charge in [-0.3, -0.25) is 9.59 Å². The van der Waals surface area contributed by atoms with E-state index < -0.39 is 27.5 Å². The van der Waals surface area contributed by atoms with Crippen LogP contribution in [0.3, 0.4) is 0 Å². The van der Waals surface area contributed by atoms with Gasteiger partial charge in [-0.1, -0.05) is 36.4 Å². The molecule has 1 aromatic heterocycles. The van der Waals surface area contributed by atoms with E-state index in [4.69, 9.17) is 0 Å². The van der Waals surface area contributed by atoms with Gasteiger partial charge in [-0.05, 0) is 12.5 Å². The lowest BCUT2D eigenvalue weighted by molar-refractivity contribution is -0.138. The fraction of sp³-hybridized carbons (Fsp3) is 0.222. The van der Waals surface area contributed by atoms with E-state index in [9.17, 15) is 23.1 Å². The molecule has 1 atom stereocenters. The van der Waals surface area contributed by atoms with Crippen molar-refractivity contribution in [3.63, 3.8) is 0 Å². The molecule has 0 radical (unpaired) electrons. The van der Waals surface area contributed by atoms with E-state index in [-0.39, 0.29) is 16.3 Å². The predicted molar refractivity (Wildman–Crippen MR) is 91.6 cm³/mol. The van der Waals surface area contributed by atoms with Crippen molar-refractivity contribution in [2.24, 2.45) is 0 Å². The highest BCUT2D eigenvalue weighted by Crippen LogP contribution is 2.36. The number of sulfone groups is 1. The minimum Gasteiger partial charge on any atom is -0.481 e. The molecule has 7 heteroatoms. The normalized spacial score (nSPS) is 16.4. The highest BCUT2D eigenvalue weighted by molar-refractivity contribution is 7.91. The first kappa shape index (κ1) is 17.2. The number of nitrogens with zero attached hydrogens (tertiary/aromatic N) is 1. The third kappa shape index (κ3) is 2.91. The average molecular weight is 359 g/mol. The van der Waals surface area contributed by atoms with Crippen molar-refractivity contribution in [3.05, 3.63) is 66.0 Å². The van der Waals surface area contributed by atoms with E-state index in [0.717, 1.165) is 0 Å². The molecule has 0 bridgehead atoms. The van der Waals surface area contributed by atoms with Crippen LogP contribution in [0.4, 0.5) is 0 Å². The zero-order valence-electron chi connectivity index (χ0n) is 13.4. The third-order valence-electron chi connectivity index (χ3n) is 4.31. The maximum atomic E-state index is 13.0. The second-order valence-corrected chi connectivity index (χ2v) is 7.88. The molecule has 1 aromatic carbocycles. The van der Waals surface area contributed by atoms with E-state index in [1.54, 1.807) is 30.3 Å². The standard InChI is InChI=1S/C18H17NO5S/c1-2-10-25(23,24)15-11-14-13(18(21)22)8-9-19(14)16(15)17(20)12-6-4-3-5-7-12/h2-7,11,13H,1,8-10H2,(H,21,22). The topological polar surface area (TPSA) is 93.4 Å². The maximum Gasteiger partial charge on any atom is 0.312 e. The van der Waals surface area contributed by atoms with Crippen LogP contribution in [0.5, 0.6) is 0 Å². The van der Waals surface area contributed by atoms with Crippen molar-refractivity contribution in [1.29, 1.82) is 0 Å². The van der Waals surface area contributed by atoms with E-state index in [2.05, 4.69) is 6.58 Å². The van der Waals surface area contributed by atoms with Crippen LogP contribution in [0.15, 0.2) is 53.9 Å². The average Bonchev–Trinajstić information content (AvgIpc) is 3.14. The van der Waals surface area contributed by atoms with Crippen molar-refractivity contribution in [3.8, 4) is 0 Å². The lowest BCUT2D eigenvalue weighted by Crippen LogP contribution is -2.15. The first-order chi connectivity index (χ1) is 11.9. The Bertz CT molecular complexity index is 957. The second-order valence-electron chi connectivity index (χ2n) is 5.88. The van der Waals surface area contributed by atoms with Crippen molar-refractivity contribution in [1.82, 2.24) is 4.57 Å². The molecular weight excluding hydrogens is 342 g/mol. The summed E-state index contributed by atoms with van der Waals surface area (Å²) in [6.45, 7) is 3.74. The van der Waals surface area contributed by atoms with E-state index >= 15 is 0 Å². The summed E-state index contributed by atoms with van der Waals surface area (Å²) in [5.41, 5.74) is 0.749. The summed E-state index contributed by atoms with van der Waals surface area (Å²) in [5.74, 6) is -2.58. The molecule has 0 saturated heterocycles. The molecule has 2 aromatic rings. The summed E-state index contributed by atoms with van der Waals surface area (Å²) >= 11 is 0. The van der Waals surface area contributed by atoms with Gasteiger partial charge in [0.25, 0.3) is 0 Å². The van der Waals surface area contributed by atoms with Crippen LogP contribution >= 0.6 is 0 Å². The maximum absolute atomic E-state index is 13.0. The summed E-state index contributed by atoms with van der Waals surface area (Å²) in [6, 6.07) is 9.69. The number of benzene rings is 1. The van der Waals surface area contributed by atoms with Crippen molar-refractivity contribution < 1.29 is 23.1 Å². The first-order valence-corrected chi connectivity index (χ1v) is 9.41. The van der Waals surface area contributed by atoms with Crippen LogP contribution < -0.4 is 0 Å². The zero-order chi connectivity index (χ0) is 18.2. The molecule has 1 aliphatic rings. The van der Waals surface area contributed by atoms with Gasteiger partial charge in [-0.25, -0.2) is 8.42 Å². The number of carboxylic acids is 1. The van der Waals surface area contributed by atoms with Crippen molar-refractivity contribution >= 4 is 21.6 Å². The summed E-state index contributed by atoms with van der Waals surface area (Å²) in [7, 11) is -3.77. The van der Waals surface area contributed by atoms with Gasteiger partial charge < -0.3 is 9.67 Å². The molecule has 1 unspecified atom stereocenters. The quantitative estimate of drug-likeness (QED) is 0.631. The van der Waals surface area contributed by atoms with Gasteiger partial charge in [0.15, 0.2) is 9.84 Å². The Morgan fingerprint density at radius 1 is 1.28 bits per heavy atom. The van der Waals surface area contributed by atoms with Gasteiger partial charge in [0.05, 0.1) is 16.6 Å². The predicted octanol–water partition coefficient (Wildman–Crippen LogP) is 2.25. The van der Waals surface area contributed by atoms with Gasteiger partial charge in [0, 0.05) is 17.8 Å². The number of rotatable bonds is 6. The van der Waals surface area contributed by atoms with Crippen LogP contribution in [0.1, 0.15) is 34.1 Å². The summed E-state index contributed by atoms with van der Waals surface area (Å²) in [5, 5.41) is 9.36. The molecule has 25 heavy (non-hydrogen) atoms. The minimum atomic E-state index is -3.77. The summed E-state index contributed by atoms with van der Waals surface area (Å²) < 4.78 is 26.7. The van der Waals surface area contributed by atoms with Gasteiger partial charge in [-0.15, -0.1) is 6.58 Å². The lowest BCUT2D eigenvalue weighted by atomic mass is 10.1. The molecule has 0 fully saturated rings. The van der Waals surface area contributed by atoms with Crippen LogP contribution in [0.25, 0.3) is 0 Å². The molecule has 0 saturated carbocycles. The number of carboxylic acid groups (broad SMARTS) is 1. The molecular formula is C18H17NO5S. The molecule has 0 aliphatic carbocycles. The number of ketones is 1. The lowest BCUT2D eigenvalue weighted by Gasteiger charge is -2.09. The van der Waals surface area contributed by atoms with Crippen LogP contribution in [-0.4, -0.2) is 35.6 Å². The SMILES string of the molecule is C=CCS(=O)(=O)c1cc2n(c1C(=O)c1ccccc1)CCC2C(=O)O. The number of hydrogen-bond donors (Lipinski definition) is 1.